The highest BCUT2D eigenvalue weighted by molar-refractivity contribution is 7.89. The largest absolute Gasteiger partial charge is 0.242 e. The summed E-state index contributed by atoms with van der Waals surface area (Å²) in [6.07, 6.45) is 5.95. The van der Waals surface area contributed by atoms with Crippen LogP contribution in [-0.4, -0.2) is 14.0 Å². The van der Waals surface area contributed by atoms with Crippen LogP contribution in [-0.2, 0) is 10.0 Å². The molecule has 0 bridgehead atoms. The molecular formula is C15H21NO2S. The van der Waals surface area contributed by atoms with Crippen LogP contribution in [0.15, 0.2) is 17.0 Å². The number of terminal acetylenes is 1. The van der Waals surface area contributed by atoms with Gasteiger partial charge >= 0.3 is 0 Å². The van der Waals surface area contributed by atoms with E-state index in [1.807, 2.05) is 33.8 Å². The molecule has 0 saturated heterocycles. The van der Waals surface area contributed by atoms with E-state index in [2.05, 4.69) is 10.6 Å². The Hall–Kier alpha value is -1.31. The second kappa shape index (κ2) is 5.36. The Balaban J connectivity index is 3.31. The molecule has 0 radical (unpaired) electrons. The summed E-state index contributed by atoms with van der Waals surface area (Å²) in [4.78, 5) is 0.297. The maximum atomic E-state index is 12.4. The van der Waals surface area contributed by atoms with Crippen molar-refractivity contribution in [2.24, 2.45) is 0 Å². The average Bonchev–Trinajstić information content (AvgIpc) is 2.35. The fourth-order valence-corrected chi connectivity index (χ4v) is 3.49. The predicted octanol–water partition coefficient (Wildman–Crippen LogP) is 2.69. The van der Waals surface area contributed by atoms with E-state index in [-0.39, 0.29) is 0 Å². The van der Waals surface area contributed by atoms with Crippen molar-refractivity contribution in [2.45, 2.75) is 51.5 Å². The Morgan fingerprint density at radius 3 is 2.32 bits per heavy atom. The predicted molar refractivity (Wildman–Crippen MR) is 78.5 cm³/mol. The lowest BCUT2D eigenvalue weighted by molar-refractivity contribution is 0.499. The Kier molecular flexibility index (Phi) is 4.44. The zero-order valence-electron chi connectivity index (χ0n) is 12.2. The van der Waals surface area contributed by atoms with Crippen molar-refractivity contribution in [2.75, 3.05) is 0 Å². The van der Waals surface area contributed by atoms with Gasteiger partial charge in [0.05, 0.1) is 10.4 Å². The molecule has 0 aliphatic heterocycles. The molecule has 1 aromatic rings. The average molecular weight is 279 g/mol. The van der Waals surface area contributed by atoms with Crippen LogP contribution >= 0.6 is 0 Å². The van der Waals surface area contributed by atoms with Crippen LogP contribution < -0.4 is 4.72 Å². The molecule has 0 amide bonds. The van der Waals surface area contributed by atoms with Gasteiger partial charge in [-0.3, -0.25) is 0 Å². The molecule has 1 N–H and O–H groups in total. The van der Waals surface area contributed by atoms with Gasteiger partial charge in [-0.05, 0) is 56.9 Å². The number of sulfonamides is 1. The van der Waals surface area contributed by atoms with Crippen LogP contribution in [0, 0.1) is 33.1 Å². The molecular weight excluding hydrogens is 258 g/mol. The fourth-order valence-electron chi connectivity index (χ4n) is 1.78. The van der Waals surface area contributed by atoms with Crippen molar-refractivity contribution < 1.29 is 8.42 Å². The van der Waals surface area contributed by atoms with Crippen molar-refractivity contribution in [3.63, 3.8) is 0 Å². The van der Waals surface area contributed by atoms with Gasteiger partial charge < -0.3 is 0 Å². The standard InChI is InChI=1S/C15H21NO2S/c1-7-15(6,8-2)16-19(17,18)14-10-9-11(3)12(4)13(14)5/h1,9-10,16H,8H2,2-6H3. The van der Waals surface area contributed by atoms with Gasteiger partial charge in [-0.25, -0.2) is 8.42 Å². The maximum Gasteiger partial charge on any atom is 0.242 e. The van der Waals surface area contributed by atoms with E-state index in [9.17, 15) is 8.42 Å². The van der Waals surface area contributed by atoms with Gasteiger partial charge in [0.1, 0.15) is 0 Å². The lowest BCUT2D eigenvalue weighted by Crippen LogP contribution is -2.44. The van der Waals surface area contributed by atoms with E-state index in [1.54, 1.807) is 13.0 Å². The topological polar surface area (TPSA) is 46.2 Å². The van der Waals surface area contributed by atoms with Gasteiger partial charge in [-0.2, -0.15) is 4.72 Å². The molecule has 0 spiro atoms. The molecule has 1 unspecified atom stereocenters. The SMILES string of the molecule is C#CC(C)(CC)NS(=O)(=O)c1ccc(C)c(C)c1C. The maximum absolute atomic E-state index is 12.4. The first-order valence-corrected chi connectivity index (χ1v) is 7.73. The van der Waals surface area contributed by atoms with Gasteiger partial charge in [0.2, 0.25) is 10.0 Å². The van der Waals surface area contributed by atoms with Crippen molar-refractivity contribution in [3.05, 3.63) is 28.8 Å². The van der Waals surface area contributed by atoms with E-state index in [0.29, 0.717) is 11.3 Å². The minimum Gasteiger partial charge on any atom is -0.207 e. The number of hydrogen-bond donors (Lipinski definition) is 1. The molecule has 1 aromatic carbocycles. The van der Waals surface area contributed by atoms with Crippen molar-refractivity contribution >= 4 is 10.0 Å². The third kappa shape index (κ3) is 3.17. The summed E-state index contributed by atoms with van der Waals surface area (Å²) >= 11 is 0. The molecule has 0 heterocycles. The second-order valence-electron chi connectivity index (χ2n) is 5.07. The smallest absolute Gasteiger partial charge is 0.207 e. The van der Waals surface area contributed by atoms with Gasteiger partial charge in [0.25, 0.3) is 0 Å². The minimum absolute atomic E-state index is 0.297. The zero-order chi connectivity index (χ0) is 14.8. The fraction of sp³-hybridized carbons (Fsp3) is 0.467. The van der Waals surface area contributed by atoms with Crippen LogP contribution in [0.3, 0.4) is 0 Å². The van der Waals surface area contributed by atoms with E-state index < -0.39 is 15.6 Å². The molecule has 0 fully saturated rings. The third-order valence-electron chi connectivity index (χ3n) is 3.68. The number of nitrogens with one attached hydrogen (secondary N) is 1. The van der Waals surface area contributed by atoms with E-state index in [0.717, 1.165) is 16.7 Å². The minimum atomic E-state index is -3.60. The highest BCUT2D eigenvalue weighted by atomic mass is 32.2. The lowest BCUT2D eigenvalue weighted by atomic mass is 10.0. The summed E-state index contributed by atoms with van der Waals surface area (Å²) in [5.41, 5.74) is 1.97. The van der Waals surface area contributed by atoms with Crippen molar-refractivity contribution in [3.8, 4) is 12.3 Å². The van der Waals surface area contributed by atoms with Crippen LogP contribution in [0.5, 0.6) is 0 Å². The van der Waals surface area contributed by atoms with Gasteiger partial charge in [-0.1, -0.05) is 18.9 Å². The molecule has 1 atom stereocenters. The van der Waals surface area contributed by atoms with Crippen LogP contribution in [0.25, 0.3) is 0 Å². The molecule has 0 aliphatic carbocycles. The van der Waals surface area contributed by atoms with Crippen LogP contribution in [0.2, 0.25) is 0 Å². The quantitative estimate of drug-likeness (QED) is 0.861. The van der Waals surface area contributed by atoms with E-state index in [1.165, 1.54) is 0 Å². The molecule has 0 aromatic heterocycles. The Bertz CT molecular complexity index is 626. The van der Waals surface area contributed by atoms with Crippen LogP contribution in [0.4, 0.5) is 0 Å². The molecule has 1 rings (SSSR count). The first-order chi connectivity index (χ1) is 8.67. The summed E-state index contributed by atoms with van der Waals surface area (Å²) in [5.74, 6) is 2.51. The Morgan fingerprint density at radius 1 is 1.26 bits per heavy atom. The second-order valence-corrected chi connectivity index (χ2v) is 6.72. The number of hydrogen-bond acceptors (Lipinski definition) is 2. The van der Waals surface area contributed by atoms with Gasteiger partial charge in [-0.15, -0.1) is 6.42 Å². The van der Waals surface area contributed by atoms with Crippen molar-refractivity contribution in [1.29, 1.82) is 0 Å². The van der Waals surface area contributed by atoms with Gasteiger partial charge in [0, 0.05) is 0 Å². The van der Waals surface area contributed by atoms with Gasteiger partial charge in [0.15, 0.2) is 0 Å². The molecule has 19 heavy (non-hydrogen) atoms. The highest BCUT2D eigenvalue weighted by Gasteiger charge is 2.28. The zero-order valence-corrected chi connectivity index (χ0v) is 13.0. The first kappa shape index (κ1) is 15.7. The normalized spacial score (nSPS) is 14.7. The molecule has 104 valence electrons. The lowest BCUT2D eigenvalue weighted by Gasteiger charge is -2.24. The highest BCUT2D eigenvalue weighted by Crippen LogP contribution is 2.23. The molecule has 3 nitrogen and oxygen atoms in total. The van der Waals surface area contributed by atoms with Crippen molar-refractivity contribution in [1.82, 2.24) is 4.72 Å². The summed E-state index contributed by atoms with van der Waals surface area (Å²) < 4.78 is 27.5. The van der Waals surface area contributed by atoms with E-state index in [4.69, 9.17) is 6.42 Å². The monoisotopic (exact) mass is 279 g/mol. The Labute approximate surface area is 116 Å². The molecule has 0 aliphatic rings. The van der Waals surface area contributed by atoms with E-state index >= 15 is 0 Å². The Morgan fingerprint density at radius 2 is 1.84 bits per heavy atom. The molecule has 0 saturated carbocycles. The number of aryl methyl sites for hydroxylation is 1. The summed E-state index contributed by atoms with van der Waals surface area (Å²) in [6, 6.07) is 3.45. The molecule has 4 heteroatoms. The third-order valence-corrected chi connectivity index (χ3v) is 5.42. The number of rotatable bonds is 4. The van der Waals surface area contributed by atoms with Crippen LogP contribution in [0.1, 0.15) is 37.0 Å². The summed E-state index contributed by atoms with van der Waals surface area (Å²) in [6.45, 7) is 9.26. The first-order valence-electron chi connectivity index (χ1n) is 6.25. The summed E-state index contributed by atoms with van der Waals surface area (Å²) in [7, 11) is -3.60. The number of benzene rings is 1. The summed E-state index contributed by atoms with van der Waals surface area (Å²) in [5, 5.41) is 0.